The van der Waals surface area contributed by atoms with Crippen LogP contribution in [0.4, 0.5) is 4.39 Å². The Morgan fingerprint density at radius 1 is 1.37 bits per heavy atom. The zero-order valence-electron chi connectivity index (χ0n) is 11.0. The van der Waals surface area contributed by atoms with Crippen molar-refractivity contribution in [3.8, 4) is 0 Å². The van der Waals surface area contributed by atoms with E-state index >= 15 is 0 Å². The van der Waals surface area contributed by atoms with E-state index in [4.69, 9.17) is 0 Å². The van der Waals surface area contributed by atoms with Crippen molar-refractivity contribution in [2.45, 2.75) is 25.5 Å². The van der Waals surface area contributed by atoms with Gasteiger partial charge in [-0.3, -0.25) is 4.79 Å². The third-order valence-electron chi connectivity index (χ3n) is 2.86. The van der Waals surface area contributed by atoms with Crippen LogP contribution in [0.15, 0.2) is 24.3 Å². The molecular formula is C13H18FNO3S. The molecule has 4 nitrogen and oxygen atoms in total. The van der Waals surface area contributed by atoms with Crippen molar-refractivity contribution in [1.82, 2.24) is 5.32 Å². The molecule has 1 rings (SSSR count). The fourth-order valence-electron chi connectivity index (χ4n) is 1.71. The lowest BCUT2D eigenvalue weighted by atomic mass is 10.1. The Morgan fingerprint density at radius 2 is 2.00 bits per heavy atom. The third kappa shape index (κ3) is 4.63. The molecular weight excluding hydrogens is 269 g/mol. The lowest BCUT2D eigenvalue weighted by molar-refractivity contribution is -0.118. The highest BCUT2D eigenvalue weighted by atomic mass is 32.2. The summed E-state index contributed by atoms with van der Waals surface area (Å²) >= 11 is 0. The normalized spacial score (nSPS) is 13.0. The molecule has 0 aromatic heterocycles. The summed E-state index contributed by atoms with van der Waals surface area (Å²) in [6.45, 7) is 3.15. The number of rotatable bonds is 6. The van der Waals surface area contributed by atoms with Gasteiger partial charge in [0.05, 0.1) is 11.0 Å². The van der Waals surface area contributed by atoms with Crippen LogP contribution in [-0.2, 0) is 14.6 Å². The first kappa shape index (κ1) is 15.6. The summed E-state index contributed by atoms with van der Waals surface area (Å²) in [5.41, 5.74) is 0.182. The van der Waals surface area contributed by atoms with Crippen molar-refractivity contribution in [1.29, 1.82) is 0 Å². The van der Waals surface area contributed by atoms with Gasteiger partial charge in [0.1, 0.15) is 5.82 Å². The second-order valence-corrected chi connectivity index (χ2v) is 6.81. The van der Waals surface area contributed by atoms with E-state index < -0.39 is 20.9 Å². The molecule has 1 amide bonds. The van der Waals surface area contributed by atoms with Crippen LogP contribution < -0.4 is 5.32 Å². The van der Waals surface area contributed by atoms with Crippen LogP contribution in [0.25, 0.3) is 0 Å². The number of hydrogen-bond donors (Lipinski definition) is 1. The van der Waals surface area contributed by atoms with Gasteiger partial charge in [0.15, 0.2) is 9.84 Å². The summed E-state index contributed by atoms with van der Waals surface area (Å²) in [7, 11) is -3.43. The Bertz CT molecular complexity index is 543. The molecule has 0 aliphatic rings. The highest BCUT2D eigenvalue weighted by molar-refractivity contribution is 7.91. The number of carbonyl (C=O) groups excluding carboxylic acids is 1. The molecule has 106 valence electrons. The van der Waals surface area contributed by atoms with Gasteiger partial charge in [-0.2, -0.15) is 0 Å². The summed E-state index contributed by atoms with van der Waals surface area (Å²) in [5.74, 6) is -0.789. The van der Waals surface area contributed by atoms with Crippen molar-refractivity contribution in [3.63, 3.8) is 0 Å². The summed E-state index contributed by atoms with van der Waals surface area (Å²) < 4.78 is 37.6. The molecule has 1 aromatic carbocycles. The largest absolute Gasteiger partial charge is 0.356 e. The highest BCUT2D eigenvalue weighted by Gasteiger charge is 2.24. The van der Waals surface area contributed by atoms with E-state index in [9.17, 15) is 17.6 Å². The Morgan fingerprint density at radius 3 is 2.58 bits per heavy atom. The Kier molecular flexibility index (Phi) is 5.47. The maximum absolute atomic E-state index is 13.5. The Balaban J connectivity index is 2.67. The predicted octanol–water partition coefficient (Wildman–Crippen LogP) is 1.83. The summed E-state index contributed by atoms with van der Waals surface area (Å²) in [5, 5.41) is 1.65. The number of amides is 1. The first-order valence-corrected chi connectivity index (χ1v) is 7.76. The molecule has 19 heavy (non-hydrogen) atoms. The summed E-state index contributed by atoms with van der Waals surface area (Å²) in [6.07, 6.45) is 0.320. The fourth-order valence-corrected chi connectivity index (χ4v) is 3.19. The molecule has 0 bridgehead atoms. The number of sulfone groups is 1. The van der Waals surface area contributed by atoms with Crippen LogP contribution in [0.5, 0.6) is 0 Å². The number of nitrogens with one attached hydrogen (secondary N) is 1. The minimum absolute atomic E-state index is 0.0806. The second kappa shape index (κ2) is 6.65. The molecule has 1 unspecified atom stereocenters. The monoisotopic (exact) mass is 287 g/mol. The van der Waals surface area contributed by atoms with Gasteiger partial charge in [0.25, 0.3) is 0 Å². The van der Waals surface area contributed by atoms with Gasteiger partial charge in [-0.25, -0.2) is 12.8 Å². The van der Waals surface area contributed by atoms with Crippen molar-refractivity contribution in [3.05, 3.63) is 35.6 Å². The molecule has 6 heteroatoms. The summed E-state index contributed by atoms with van der Waals surface area (Å²) in [4.78, 5) is 10.7. The van der Waals surface area contributed by atoms with Crippen LogP contribution in [-0.4, -0.2) is 26.6 Å². The van der Waals surface area contributed by atoms with Crippen LogP contribution >= 0.6 is 0 Å². The number of carbonyl (C=O) groups is 1. The average molecular weight is 287 g/mol. The number of halogens is 1. The van der Waals surface area contributed by atoms with Crippen molar-refractivity contribution in [2.24, 2.45) is 0 Å². The smallest absolute Gasteiger partial charge is 0.216 e. The van der Waals surface area contributed by atoms with Gasteiger partial charge in [-0.15, -0.1) is 0 Å². The van der Waals surface area contributed by atoms with Crippen LogP contribution in [0, 0.1) is 5.82 Å². The maximum Gasteiger partial charge on any atom is 0.216 e. The third-order valence-corrected chi connectivity index (χ3v) is 5.05. The van der Waals surface area contributed by atoms with Crippen LogP contribution in [0.1, 0.15) is 31.1 Å². The molecule has 1 N–H and O–H groups in total. The van der Waals surface area contributed by atoms with Crippen molar-refractivity contribution in [2.75, 3.05) is 12.3 Å². The molecule has 0 spiro atoms. The van der Waals surface area contributed by atoms with E-state index in [1.54, 1.807) is 6.07 Å². The molecule has 0 heterocycles. The minimum Gasteiger partial charge on any atom is -0.356 e. The second-order valence-electron chi connectivity index (χ2n) is 4.37. The molecule has 1 atom stereocenters. The van der Waals surface area contributed by atoms with Crippen LogP contribution in [0.3, 0.4) is 0 Å². The van der Waals surface area contributed by atoms with E-state index in [-0.39, 0.29) is 17.2 Å². The van der Waals surface area contributed by atoms with E-state index in [2.05, 4.69) is 5.32 Å². The quantitative estimate of drug-likeness (QED) is 0.812. The van der Waals surface area contributed by atoms with Crippen molar-refractivity contribution >= 4 is 15.7 Å². The minimum atomic E-state index is -3.43. The van der Waals surface area contributed by atoms with E-state index in [1.807, 2.05) is 0 Å². The molecule has 1 aromatic rings. The first-order valence-electron chi connectivity index (χ1n) is 6.05. The number of benzene rings is 1. The van der Waals surface area contributed by atoms with Crippen molar-refractivity contribution < 1.29 is 17.6 Å². The number of hydrogen-bond acceptors (Lipinski definition) is 3. The van der Waals surface area contributed by atoms with E-state index in [1.165, 1.54) is 32.0 Å². The molecule has 0 aliphatic carbocycles. The standard InChI is InChI=1S/C13H18FNO3S/c1-10(12-6-3-4-7-13(12)14)19(17,18)9-5-8-15-11(2)16/h3-4,6-7,10H,5,8-9H2,1-2H3,(H,15,16). The Labute approximate surface area is 112 Å². The zero-order valence-corrected chi connectivity index (χ0v) is 11.8. The average Bonchev–Trinajstić information content (AvgIpc) is 2.34. The topological polar surface area (TPSA) is 63.2 Å². The van der Waals surface area contributed by atoms with Gasteiger partial charge < -0.3 is 5.32 Å². The lowest BCUT2D eigenvalue weighted by Gasteiger charge is -2.14. The highest BCUT2D eigenvalue weighted by Crippen LogP contribution is 2.25. The van der Waals surface area contributed by atoms with Crippen LogP contribution in [0.2, 0.25) is 0 Å². The van der Waals surface area contributed by atoms with Gasteiger partial charge in [-0.05, 0) is 19.4 Å². The Hall–Kier alpha value is -1.43. The SMILES string of the molecule is CC(=O)NCCCS(=O)(=O)C(C)c1ccccc1F. The van der Waals surface area contributed by atoms with Gasteiger partial charge in [0.2, 0.25) is 5.91 Å². The van der Waals surface area contributed by atoms with Gasteiger partial charge in [-0.1, -0.05) is 18.2 Å². The molecule has 0 fully saturated rings. The van der Waals surface area contributed by atoms with Gasteiger partial charge in [0, 0.05) is 19.0 Å². The predicted molar refractivity (Wildman–Crippen MR) is 71.9 cm³/mol. The zero-order chi connectivity index (χ0) is 14.5. The summed E-state index contributed by atoms with van der Waals surface area (Å²) in [6, 6.07) is 5.86. The van der Waals surface area contributed by atoms with E-state index in [0.717, 1.165) is 0 Å². The molecule has 0 aliphatic heterocycles. The maximum atomic E-state index is 13.5. The van der Waals surface area contributed by atoms with E-state index in [0.29, 0.717) is 13.0 Å². The first-order chi connectivity index (χ1) is 8.84. The molecule has 0 saturated carbocycles. The van der Waals surface area contributed by atoms with Gasteiger partial charge >= 0.3 is 0 Å². The fraction of sp³-hybridized carbons (Fsp3) is 0.462. The lowest BCUT2D eigenvalue weighted by Crippen LogP contribution is -2.24. The molecule has 0 radical (unpaired) electrons. The molecule has 0 saturated heterocycles.